The van der Waals surface area contributed by atoms with Crippen LogP contribution >= 0.6 is 0 Å². The average Bonchev–Trinajstić information content (AvgIpc) is 3.61. The summed E-state index contributed by atoms with van der Waals surface area (Å²) in [6.45, 7) is 13.4. The zero-order valence-corrected chi connectivity index (χ0v) is 22.7. The van der Waals surface area contributed by atoms with E-state index in [0.29, 0.717) is 24.3 Å². The van der Waals surface area contributed by atoms with Crippen molar-refractivity contribution in [2.45, 2.75) is 85.0 Å². The monoisotopic (exact) mass is 516 g/mol. The Bertz CT molecular complexity index is 1300. The quantitative estimate of drug-likeness (QED) is 0.475. The second kappa shape index (κ2) is 9.54. The van der Waals surface area contributed by atoms with Gasteiger partial charge in [-0.15, -0.1) is 0 Å². The Morgan fingerprint density at radius 3 is 2.27 bits per heavy atom. The highest BCUT2D eigenvalue weighted by Crippen LogP contribution is 2.42. The first-order valence-corrected chi connectivity index (χ1v) is 12.9. The van der Waals surface area contributed by atoms with Crippen molar-refractivity contribution in [1.29, 1.82) is 0 Å². The summed E-state index contributed by atoms with van der Waals surface area (Å²) in [6.07, 6.45) is 2.63. The summed E-state index contributed by atoms with van der Waals surface area (Å²) in [5.74, 6) is -1.29. The Morgan fingerprint density at radius 1 is 1.16 bits per heavy atom. The number of ether oxygens (including phenoxy) is 2. The zero-order chi connectivity index (χ0) is 27.4. The molecule has 2 fully saturated rings. The van der Waals surface area contributed by atoms with E-state index in [1.54, 1.807) is 23.3 Å². The number of amides is 1. The van der Waals surface area contributed by atoms with E-state index >= 15 is 4.39 Å². The van der Waals surface area contributed by atoms with Crippen LogP contribution in [0.1, 0.15) is 76.3 Å². The summed E-state index contributed by atoms with van der Waals surface area (Å²) in [4.78, 5) is 42.3. The molecular weight excluding hydrogens is 479 g/mol. The number of benzene rings is 1. The fourth-order valence-electron chi connectivity index (χ4n) is 5.25. The van der Waals surface area contributed by atoms with Gasteiger partial charge in [0, 0.05) is 25.3 Å². The lowest BCUT2D eigenvalue weighted by Crippen LogP contribution is -2.59. The van der Waals surface area contributed by atoms with Crippen LogP contribution in [0.4, 0.5) is 20.6 Å². The third-order valence-corrected chi connectivity index (χ3v) is 6.95. The van der Waals surface area contributed by atoms with Gasteiger partial charge in [-0.2, -0.15) is 0 Å². The lowest BCUT2D eigenvalue weighted by Gasteiger charge is -2.45. The lowest BCUT2D eigenvalue weighted by atomic mass is 10.00. The second-order valence-electron chi connectivity index (χ2n) is 11.1. The third-order valence-electron chi connectivity index (χ3n) is 6.95. The molecule has 2 atom stereocenters. The smallest absolute Gasteiger partial charge is 0.410 e. The number of piperazine rings is 1. The van der Waals surface area contributed by atoms with Gasteiger partial charge in [0.05, 0.1) is 41.0 Å². The molecule has 1 aromatic carbocycles. The van der Waals surface area contributed by atoms with E-state index in [9.17, 15) is 14.4 Å². The first-order valence-electron chi connectivity index (χ1n) is 12.9. The fraction of sp³-hybridized carbons (Fsp3) is 0.593. The molecule has 2 N–H and O–H groups in total. The Balaban J connectivity index is 1.82. The molecule has 0 bridgehead atoms. The zero-order valence-electron chi connectivity index (χ0n) is 22.7. The highest BCUT2D eigenvalue weighted by atomic mass is 19.1. The number of hydrogen-bond donors (Lipinski definition) is 1. The summed E-state index contributed by atoms with van der Waals surface area (Å²) < 4.78 is 28.8. The van der Waals surface area contributed by atoms with Crippen molar-refractivity contribution in [3.63, 3.8) is 0 Å². The summed E-state index contributed by atoms with van der Waals surface area (Å²) in [7, 11) is 0. The summed E-state index contributed by atoms with van der Waals surface area (Å²) in [5.41, 5.74) is 6.08. The van der Waals surface area contributed by atoms with Crippen molar-refractivity contribution in [2.75, 3.05) is 30.3 Å². The maximum atomic E-state index is 16.5. The average molecular weight is 517 g/mol. The molecule has 1 saturated heterocycles. The Kier molecular flexibility index (Phi) is 6.90. The normalized spacial score (nSPS) is 20.3. The van der Waals surface area contributed by atoms with Gasteiger partial charge < -0.3 is 24.7 Å². The number of pyridine rings is 1. The molecule has 10 heteroatoms. The Morgan fingerprint density at radius 2 is 1.76 bits per heavy atom. The van der Waals surface area contributed by atoms with Crippen LogP contribution in [-0.2, 0) is 9.47 Å². The van der Waals surface area contributed by atoms with Crippen molar-refractivity contribution in [2.24, 2.45) is 0 Å². The number of carbonyl (C=O) groups excluding carboxylic acids is 2. The minimum absolute atomic E-state index is 0.00434. The number of anilines is 2. The van der Waals surface area contributed by atoms with E-state index in [1.807, 2.05) is 39.5 Å². The van der Waals surface area contributed by atoms with E-state index in [2.05, 4.69) is 0 Å². The molecule has 2 aromatic rings. The van der Waals surface area contributed by atoms with Crippen LogP contribution < -0.4 is 16.1 Å². The van der Waals surface area contributed by atoms with Crippen molar-refractivity contribution in [3.05, 3.63) is 33.4 Å². The topological polar surface area (TPSA) is 107 Å². The van der Waals surface area contributed by atoms with E-state index < -0.39 is 28.9 Å². The van der Waals surface area contributed by atoms with E-state index in [1.165, 1.54) is 6.20 Å². The van der Waals surface area contributed by atoms with Gasteiger partial charge in [0.2, 0.25) is 5.43 Å². The van der Waals surface area contributed by atoms with E-state index in [4.69, 9.17) is 15.2 Å². The SMILES string of the molecule is CCOC(=O)c1cn(C2CC2)c2c(F)c(N3CC(C)N(C(=O)OC(C)(C)C)C(C)C3)c(C)c(N)c2c1=O. The van der Waals surface area contributed by atoms with Crippen molar-refractivity contribution in [3.8, 4) is 0 Å². The number of nitrogen functional groups attached to an aromatic ring is 1. The number of nitrogens with two attached hydrogens (primary N) is 1. The number of esters is 1. The van der Waals surface area contributed by atoms with E-state index in [-0.39, 0.29) is 46.9 Å². The summed E-state index contributed by atoms with van der Waals surface area (Å²) in [6, 6.07) is -0.542. The highest BCUT2D eigenvalue weighted by Gasteiger charge is 2.38. The number of fused-ring (bicyclic) bond motifs is 1. The largest absolute Gasteiger partial charge is 0.462 e. The van der Waals surface area contributed by atoms with Gasteiger partial charge in [-0.3, -0.25) is 9.69 Å². The molecule has 1 aliphatic heterocycles. The number of carbonyl (C=O) groups is 2. The number of rotatable bonds is 4. The number of nitrogens with zero attached hydrogens (tertiary/aromatic N) is 3. The number of halogens is 1. The minimum Gasteiger partial charge on any atom is -0.462 e. The van der Waals surface area contributed by atoms with E-state index in [0.717, 1.165) is 12.8 Å². The molecule has 0 spiro atoms. The molecule has 202 valence electrons. The molecule has 9 nitrogen and oxygen atoms in total. The maximum Gasteiger partial charge on any atom is 0.410 e. The first kappa shape index (κ1) is 26.8. The van der Waals surface area contributed by atoms with Crippen LogP contribution in [0.5, 0.6) is 0 Å². The van der Waals surface area contributed by atoms with Crippen LogP contribution in [0.3, 0.4) is 0 Å². The molecule has 1 amide bonds. The van der Waals surface area contributed by atoms with Crippen molar-refractivity contribution < 1.29 is 23.5 Å². The minimum atomic E-state index is -0.744. The Hall–Kier alpha value is -3.30. The molecular formula is C27H37FN4O5. The molecule has 4 rings (SSSR count). The predicted molar refractivity (Wildman–Crippen MR) is 141 cm³/mol. The molecule has 0 radical (unpaired) electrons. The molecule has 2 aliphatic rings. The van der Waals surface area contributed by atoms with Crippen LogP contribution in [0.2, 0.25) is 0 Å². The van der Waals surface area contributed by atoms with Gasteiger partial charge in [-0.25, -0.2) is 14.0 Å². The molecule has 1 aromatic heterocycles. The predicted octanol–water partition coefficient (Wildman–Crippen LogP) is 4.38. The maximum absolute atomic E-state index is 16.5. The number of hydrogen-bond acceptors (Lipinski definition) is 7. The van der Waals surface area contributed by atoms with Crippen LogP contribution in [0, 0.1) is 12.7 Å². The fourth-order valence-corrected chi connectivity index (χ4v) is 5.25. The summed E-state index contributed by atoms with van der Waals surface area (Å²) in [5, 5.41) is 0.00434. The highest BCUT2D eigenvalue weighted by molar-refractivity contribution is 6.01. The van der Waals surface area contributed by atoms with Gasteiger partial charge in [0.15, 0.2) is 5.82 Å². The molecule has 2 unspecified atom stereocenters. The van der Waals surface area contributed by atoms with Gasteiger partial charge in [0.1, 0.15) is 11.2 Å². The molecule has 37 heavy (non-hydrogen) atoms. The lowest BCUT2D eigenvalue weighted by molar-refractivity contribution is 0.00560. The molecule has 1 saturated carbocycles. The van der Waals surface area contributed by atoms with Gasteiger partial charge in [0.25, 0.3) is 0 Å². The molecule has 2 heterocycles. The summed E-state index contributed by atoms with van der Waals surface area (Å²) >= 11 is 0. The Labute approximate surface area is 216 Å². The van der Waals surface area contributed by atoms with Crippen LogP contribution in [0.25, 0.3) is 10.9 Å². The van der Waals surface area contributed by atoms with Gasteiger partial charge >= 0.3 is 12.1 Å². The van der Waals surface area contributed by atoms with Gasteiger partial charge in [-0.05, 0) is 66.9 Å². The van der Waals surface area contributed by atoms with Crippen LogP contribution in [0.15, 0.2) is 11.0 Å². The van der Waals surface area contributed by atoms with Crippen molar-refractivity contribution in [1.82, 2.24) is 9.47 Å². The number of aromatic nitrogens is 1. The first-order chi connectivity index (χ1) is 17.3. The third kappa shape index (κ3) is 4.85. The molecule has 1 aliphatic carbocycles. The van der Waals surface area contributed by atoms with Crippen LogP contribution in [-0.4, -0.2) is 58.9 Å². The standard InChI is InChI=1S/C27H37FN4O5/c1-8-36-25(34)18-13-31(17-9-10-17)23-19(24(18)33)21(29)16(4)22(20(23)28)30-11-14(2)32(15(3)12-30)26(35)37-27(5,6)7/h13-15,17H,8-12,29H2,1-7H3. The van der Waals surface area contributed by atoms with Gasteiger partial charge in [-0.1, -0.05) is 0 Å². The van der Waals surface area contributed by atoms with Crippen molar-refractivity contribution >= 4 is 34.3 Å². The second-order valence-corrected chi connectivity index (χ2v) is 11.1.